The van der Waals surface area contributed by atoms with E-state index in [9.17, 15) is 4.79 Å². The van der Waals surface area contributed by atoms with E-state index in [0.29, 0.717) is 11.7 Å². The van der Waals surface area contributed by atoms with E-state index in [1.165, 1.54) is 10.4 Å². The van der Waals surface area contributed by atoms with Gasteiger partial charge in [-0.1, -0.05) is 81.4 Å². The van der Waals surface area contributed by atoms with Gasteiger partial charge in [0, 0.05) is 19.4 Å². The van der Waals surface area contributed by atoms with Crippen LogP contribution in [-0.2, 0) is 9.22 Å². The summed E-state index contributed by atoms with van der Waals surface area (Å²) in [5.74, 6) is 0.918. The molecule has 0 saturated heterocycles. The zero-order valence-electron chi connectivity index (χ0n) is 16.9. The number of carbonyl (C=O) groups is 1. The average molecular weight is 381 g/mol. The predicted octanol–water partition coefficient (Wildman–Crippen LogP) is 4.71. The van der Waals surface area contributed by atoms with E-state index >= 15 is 0 Å². The van der Waals surface area contributed by atoms with Gasteiger partial charge in [-0.3, -0.25) is 4.79 Å². The summed E-state index contributed by atoms with van der Waals surface area (Å²) in [5, 5.41) is 2.66. The third-order valence-electron chi connectivity index (χ3n) is 5.85. The minimum Gasteiger partial charge on any atom is -0.407 e. The summed E-state index contributed by atoms with van der Waals surface area (Å²) in [4.78, 5) is 11.8. The first kappa shape index (κ1) is 20.0. The van der Waals surface area contributed by atoms with Crippen molar-refractivity contribution in [3.63, 3.8) is 0 Å². The molecular weight excluding hydrogens is 348 g/mol. The molecule has 2 nitrogen and oxygen atoms in total. The fourth-order valence-corrected chi connectivity index (χ4v) is 9.08. The largest absolute Gasteiger partial charge is 0.407 e. The Kier molecular flexibility index (Phi) is 6.33. The molecule has 1 atom stereocenters. The Bertz CT molecular complexity index is 694. The molecule has 1 aliphatic rings. The van der Waals surface area contributed by atoms with Crippen LogP contribution in [0.3, 0.4) is 0 Å². The van der Waals surface area contributed by atoms with Gasteiger partial charge in [0.05, 0.1) is 0 Å². The van der Waals surface area contributed by atoms with Crippen molar-refractivity contribution < 1.29 is 9.22 Å². The summed E-state index contributed by atoms with van der Waals surface area (Å²) in [6.07, 6.45) is 4.70. The third-order valence-corrected chi connectivity index (χ3v) is 10.9. The highest BCUT2D eigenvalue weighted by Gasteiger charge is 2.50. The molecule has 144 valence electrons. The highest BCUT2D eigenvalue weighted by molar-refractivity contribution is 6.99. The molecule has 27 heavy (non-hydrogen) atoms. The molecule has 0 N–H and O–H groups in total. The standard InChI is InChI=1S/C24H32O2Si/c1-24(2,3)27(22-13-6-4-7-14-22,23-15-8-5-9-16-23)26-18-17-20-11-10-12-21(25)19-20/h4-9,13-16,20H,10-12,17-19H2,1-3H3/t20-/m0/s1. The van der Waals surface area contributed by atoms with Crippen molar-refractivity contribution in [3.8, 4) is 0 Å². The lowest BCUT2D eigenvalue weighted by Gasteiger charge is -2.43. The second-order valence-corrected chi connectivity index (χ2v) is 13.1. The molecule has 3 rings (SSSR count). The van der Waals surface area contributed by atoms with E-state index in [2.05, 4.69) is 81.4 Å². The van der Waals surface area contributed by atoms with Crippen molar-refractivity contribution in [2.75, 3.05) is 6.61 Å². The number of Topliss-reactive ketones (excluding diaryl/α,β-unsaturated/α-hetero) is 1. The predicted molar refractivity (Wildman–Crippen MR) is 115 cm³/mol. The number of ketones is 1. The summed E-state index contributed by atoms with van der Waals surface area (Å²) in [6, 6.07) is 21.5. The van der Waals surface area contributed by atoms with Crippen LogP contribution in [0.25, 0.3) is 0 Å². The zero-order valence-corrected chi connectivity index (χ0v) is 17.9. The van der Waals surface area contributed by atoms with Crippen molar-refractivity contribution in [3.05, 3.63) is 60.7 Å². The molecule has 1 fully saturated rings. The lowest BCUT2D eigenvalue weighted by atomic mass is 9.86. The Morgan fingerprint density at radius 3 is 2.00 bits per heavy atom. The quantitative estimate of drug-likeness (QED) is 0.678. The Balaban J connectivity index is 1.90. The van der Waals surface area contributed by atoms with E-state index < -0.39 is 8.32 Å². The molecule has 1 aliphatic carbocycles. The molecule has 0 heterocycles. The second kappa shape index (κ2) is 8.53. The van der Waals surface area contributed by atoms with Gasteiger partial charge in [0.2, 0.25) is 0 Å². The van der Waals surface area contributed by atoms with Crippen molar-refractivity contribution in [2.24, 2.45) is 5.92 Å². The van der Waals surface area contributed by atoms with E-state index in [-0.39, 0.29) is 5.04 Å². The molecule has 1 saturated carbocycles. The number of rotatable bonds is 6. The van der Waals surface area contributed by atoms with Crippen LogP contribution in [0.5, 0.6) is 0 Å². The maximum absolute atomic E-state index is 11.8. The minimum atomic E-state index is -2.44. The van der Waals surface area contributed by atoms with Crippen LogP contribution in [0.15, 0.2) is 60.7 Å². The van der Waals surface area contributed by atoms with Gasteiger partial charge in [-0.15, -0.1) is 0 Å². The molecule has 0 spiro atoms. The number of carbonyl (C=O) groups excluding carboxylic acids is 1. The van der Waals surface area contributed by atoms with Gasteiger partial charge in [-0.05, 0) is 40.6 Å². The van der Waals surface area contributed by atoms with Gasteiger partial charge < -0.3 is 4.43 Å². The zero-order chi connectivity index (χ0) is 19.3. The van der Waals surface area contributed by atoms with Crippen molar-refractivity contribution in [1.82, 2.24) is 0 Å². The molecule has 0 unspecified atom stereocenters. The summed E-state index contributed by atoms with van der Waals surface area (Å²) in [5.41, 5.74) is 0. The monoisotopic (exact) mass is 380 g/mol. The Hall–Kier alpha value is -1.71. The van der Waals surface area contributed by atoms with Gasteiger partial charge in [-0.2, -0.15) is 0 Å². The maximum Gasteiger partial charge on any atom is 0.261 e. The molecular formula is C24H32O2Si. The lowest BCUT2D eigenvalue weighted by molar-refractivity contribution is -0.121. The fraction of sp³-hybridized carbons (Fsp3) is 0.458. The van der Waals surface area contributed by atoms with Crippen molar-refractivity contribution >= 4 is 24.5 Å². The first-order valence-corrected chi connectivity index (χ1v) is 12.1. The normalized spacial score (nSPS) is 18.5. The molecule has 0 bridgehead atoms. The summed E-state index contributed by atoms with van der Waals surface area (Å²) < 4.78 is 6.93. The van der Waals surface area contributed by atoms with Crippen molar-refractivity contribution in [2.45, 2.75) is 57.9 Å². The molecule has 0 aromatic heterocycles. The van der Waals surface area contributed by atoms with Gasteiger partial charge >= 0.3 is 0 Å². The first-order chi connectivity index (χ1) is 12.9. The molecule has 2 aromatic rings. The highest BCUT2D eigenvalue weighted by atomic mass is 28.4. The van der Waals surface area contributed by atoms with Crippen molar-refractivity contribution in [1.29, 1.82) is 0 Å². The summed E-state index contributed by atoms with van der Waals surface area (Å²) in [7, 11) is -2.44. The van der Waals surface area contributed by atoms with E-state index in [4.69, 9.17) is 4.43 Å². The first-order valence-electron chi connectivity index (χ1n) is 10.2. The van der Waals surface area contributed by atoms with E-state index in [1.54, 1.807) is 0 Å². The lowest BCUT2D eigenvalue weighted by Crippen LogP contribution is -2.66. The number of hydrogen-bond donors (Lipinski definition) is 0. The van der Waals surface area contributed by atoms with Gasteiger partial charge in [0.25, 0.3) is 8.32 Å². The molecule has 0 radical (unpaired) electrons. The molecule has 3 heteroatoms. The van der Waals surface area contributed by atoms with Gasteiger partial charge in [-0.25, -0.2) is 0 Å². The van der Waals surface area contributed by atoms with Crippen LogP contribution in [0, 0.1) is 5.92 Å². The second-order valence-electron chi connectivity index (χ2n) is 8.80. The van der Waals surface area contributed by atoms with Crippen LogP contribution in [0.1, 0.15) is 52.9 Å². The van der Waals surface area contributed by atoms with Crippen LogP contribution < -0.4 is 10.4 Å². The van der Waals surface area contributed by atoms with Gasteiger partial charge in [0.15, 0.2) is 0 Å². The topological polar surface area (TPSA) is 26.3 Å². The number of benzene rings is 2. The Morgan fingerprint density at radius 2 is 1.52 bits per heavy atom. The minimum absolute atomic E-state index is 0.0120. The number of hydrogen-bond acceptors (Lipinski definition) is 2. The summed E-state index contributed by atoms with van der Waals surface area (Å²) in [6.45, 7) is 7.65. The van der Waals surface area contributed by atoms with E-state index in [0.717, 1.165) is 38.7 Å². The highest BCUT2D eigenvalue weighted by Crippen LogP contribution is 2.37. The van der Waals surface area contributed by atoms with Crippen LogP contribution in [0.2, 0.25) is 5.04 Å². The van der Waals surface area contributed by atoms with E-state index in [1.807, 2.05) is 0 Å². The third kappa shape index (κ3) is 4.41. The maximum atomic E-state index is 11.8. The molecule has 2 aromatic carbocycles. The Morgan fingerprint density at radius 1 is 0.963 bits per heavy atom. The van der Waals surface area contributed by atoms with Gasteiger partial charge in [0.1, 0.15) is 5.78 Å². The van der Waals surface area contributed by atoms with Crippen LogP contribution in [-0.4, -0.2) is 20.7 Å². The molecule has 0 aliphatic heterocycles. The Labute approximate surface area is 165 Å². The fourth-order valence-electron chi connectivity index (χ4n) is 4.50. The van der Waals surface area contributed by atoms with Crippen LogP contribution in [0.4, 0.5) is 0 Å². The average Bonchev–Trinajstić information content (AvgIpc) is 2.66. The molecule has 0 amide bonds. The van der Waals surface area contributed by atoms with Crippen LogP contribution >= 0.6 is 0 Å². The SMILES string of the molecule is CC(C)(C)[Si](OCC[C@@H]1CCCC(=O)C1)(c1ccccc1)c1ccccc1. The smallest absolute Gasteiger partial charge is 0.261 e. The summed E-state index contributed by atoms with van der Waals surface area (Å²) >= 11 is 0.